The first-order valence-corrected chi connectivity index (χ1v) is 12.0. The predicted molar refractivity (Wildman–Crippen MR) is 132 cm³/mol. The number of anilines is 2. The molecular weight excluding hydrogens is 460 g/mol. The van der Waals surface area contributed by atoms with Crippen LogP contribution in [0.15, 0.2) is 54.9 Å². The molecule has 3 heterocycles. The van der Waals surface area contributed by atoms with Crippen LogP contribution in [0.25, 0.3) is 5.69 Å². The van der Waals surface area contributed by atoms with Crippen molar-refractivity contribution in [1.29, 1.82) is 0 Å². The Kier molecular flexibility index (Phi) is 6.13. The molecule has 0 radical (unpaired) electrons. The van der Waals surface area contributed by atoms with Crippen LogP contribution < -0.4 is 15.5 Å². The summed E-state index contributed by atoms with van der Waals surface area (Å²) in [5.74, 6) is -0.210. The van der Waals surface area contributed by atoms with Gasteiger partial charge >= 0.3 is 6.03 Å². The first kappa shape index (κ1) is 23.5. The van der Waals surface area contributed by atoms with E-state index < -0.39 is 29.9 Å². The molecule has 186 valence electrons. The average Bonchev–Trinajstić information content (AvgIpc) is 3.49. The van der Waals surface area contributed by atoms with Gasteiger partial charge in [-0.1, -0.05) is 19.1 Å². The number of imide groups is 1. The van der Waals surface area contributed by atoms with E-state index in [-0.39, 0.29) is 0 Å². The normalized spacial score (nSPS) is 20.5. The molecule has 2 aromatic carbocycles. The first-order chi connectivity index (χ1) is 17.3. The van der Waals surface area contributed by atoms with Gasteiger partial charge in [0.05, 0.1) is 5.69 Å². The SMILES string of the molecule is CC1CCN(c2ccc(NC(=O)CN3C(=O)NC(C)(c4cccc(-n5cnnn5)c4)C3=O)cc2)CC1. The van der Waals surface area contributed by atoms with E-state index in [0.717, 1.165) is 29.6 Å². The summed E-state index contributed by atoms with van der Waals surface area (Å²) in [5.41, 5.74) is 1.60. The zero-order valence-electron chi connectivity index (χ0n) is 20.2. The van der Waals surface area contributed by atoms with Crippen LogP contribution in [0, 0.1) is 5.92 Å². The molecule has 2 aliphatic heterocycles. The molecular formula is C25H28N8O3. The Hall–Kier alpha value is -4.28. The number of nitrogens with zero attached hydrogens (tertiary/aromatic N) is 6. The lowest BCUT2D eigenvalue weighted by Crippen LogP contribution is -2.42. The molecule has 2 saturated heterocycles. The third-order valence-electron chi connectivity index (χ3n) is 6.91. The van der Waals surface area contributed by atoms with Crippen LogP contribution in [-0.2, 0) is 15.1 Å². The quantitative estimate of drug-likeness (QED) is 0.510. The number of tetrazole rings is 1. The molecule has 11 heteroatoms. The lowest BCUT2D eigenvalue weighted by atomic mass is 9.91. The van der Waals surface area contributed by atoms with E-state index >= 15 is 0 Å². The van der Waals surface area contributed by atoms with Crippen LogP contribution in [0.1, 0.15) is 32.3 Å². The van der Waals surface area contributed by atoms with Crippen molar-refractivity contribution in [2.45, 2.75) is 32.2 Å². The topological polar surface area (TPSA) is 125 Å². The minimum atomic E-state index is -1.32. The van der Waals surface area contributed by atoms with Crippen LogP contribution in [0.5, 0.6) is 0 Å². The molecule has 0 bridgehead atoms. The molecule has 2 aliphatic rings. The zero-order valence-corrected chi connectivity index (χ0v) is 20.2. The lowest BCUT2D eigenvalue weighted by Gasteiger charge is -2.32. The summed E-state index contributed by atoms with van der Waals surface area (Å²) in [6.45, 7) is 5.55. The van der Waals surface area contributed by atoms with Gasteiger partial charge in [-0.3, -0.25) is 14.5 Å². The number of amides is 4. The number of benzene rings is 2. The van der Waals surface area contributed by atoms with Crippen LogP contribution in [0.3, 0.4) is 0 Å². The standard InChI is InChI=1S/C25H28N8O3/c1-17-10-12-31(13-11-17)20-8-6-19(7-9-20)27-22(34)15-32-23(35)25(2,28-24(32)36)18-4-3-5-21(14-18)33-16-26-29-30-33/h3-9,14,16-17H,10-13,15H2,1-2H3,(H,27,34)(H,28,36). The van der Waals surface area contributed by atoms with Crippen LogP contribution in [0.4, 0.5) is 16.2 Å². The number of aromatic nitrogens is 4. The summed E-state index contributed by atoms with van der Waals surface area (Å²) in [5, 5.41) is 16.6. The highest BCUT2D eigenvalue weighted by Crippen LogP contribution is 2.30. The number of carbonyl (C=O) groups excluding carboxylic acids is 3. The van der Waals surface area contributed by atoms with Crippen molar-refractivity contribution < 1.29 is 14.4 Å². The van der Waals surface area contributed by atoms with E-state index in [4.69, 9.17) is 0 Å². The summed E-state index contributed by atoms with van der Waals surface area (Å²) < 4.78 is 1.45. The summed E-state index contributed by atoms with van der Waals surface area (Å²) in [6, 6.07) is 14.0. The van der Waals surface area contributed by atoms with Crippen LogP contribution in [0.2, 0.25) is 0 Å². The third-order valence-corrected chi connectivity index (χ3v) is 6.91. The second kappa shape index (κ2) is 9.40. The monoisotopic (exact) mass is 488 g/mol. The fourth-order valence-electron chi connectivity index (χ4n) is 4.64. The molecule has 2 N–H and O–H groups in total. The maximum atomic E-state index is 13.3. The van der Waals surface area contributed by atoms with E-state index in [1.165, 1.54) is 23.9 Å². The largest absolute Gasteiger partial charge is 0.372 e. The smallest absolute Gasteiger partial charge is 0.325 e. The van der Waals surface area contributed by atoms with Crippen molar-refractivity contribution in [3.63, 3.8) is 0 Å². The Bertz CT molecular complexity index is 1270. The molecule has 0 spiro atoms. The number of piperidine rings is 1. The minimum Gasteiger partial charge on any atom is -0.372 e. The molecule has 0 aliphatic carbocycles. The highest BCUT2D eigenvalue weighted by molar-refractivity contribution is 6.10. The maximum absolute atomic E-state index is 13.3. The van der Waals surface area contributed by atoms with Gasteiger partial charge in [-0.25, -0.2) is 9.48 Å². The van der Waals surface area contributed by atoms with Gasteiger partial charge < -0.3 is 15.5 Å². The number of hydrogen-bond donors (Lipinski definition) is 2. The van der Waals surface area contributed by atoms with Crippen LogP contribution >= 0.6 is 0 Å². The molecule has 1 aromatic heterocycles. The molecule has 0 saturated carbocycles. The van der Waals surface area contributed by atoms with E-state index in [0.29, 0.717) is 16.9 Å². The molecule has 1 unspecified atom stereocenters. The number of nitrogens with one attached hydrogen (secondary N) is 2. The minimum absolute atomic E-state index is 0.390. The molecule has 5 rings (SSSR count). The summed E-state index contributed by atoms with van der Waals surface area (Å²) >= 11 is 0. The zero-order chi connectivity index (χ0) is 25.3. The highest BCUT2D eigenvalue weighted by atomic mass is 16.2. The Labute approximate surface area is 208 Å². The van der Waals surface area contributed by atoms with Gasteiger partial charge in [-0.2, -0.15) is 0 Å². The van der Waals surface area contributed by atoms with Crippen LogP contribution in [-0.4, -0.2) is 62.6 Å². The molecule has 3 aromatic rings. The van der Waals surface area contributed by atoms with Gasteiger partial charge in [-0.05, 0) is 78.1 Å². The fraction of sp³-hybridized carbons (Fsp3) is 0.360. The van der Waals surface area contributed by atoms with Crippen molar-refractivity contribution in [1.82, 2.24) is 30.4 Å². The van der Waals surface area contributed by atoms with Crippen molar-refractivity contribution in [2.75, 3.05) is 29.9 Å². The van der Waals surface area contributed by atoms with Gasteiger partial charge in [0.15, 0.2) is 0 Å². The predicted octanol–water partition coefficient (Wildman–Crippen LogP) is 2.30. The second-order valence-electron chi connectivity index (χ2n) is 9.52. The van der Waals surface area contributed by atoms with E-state index in [2.05, 4.69) is 38.0 Å². The number of carbonyl (C=O) groups is 3. The van der Waals surface area contributed by atoms with Crippen molar-refractivity contribution >= 4 is 29.2 Å². The molecule has 1 atom stereocenters. The fourth-order valence-corrected chi connectivity index (χ4v) is 4.64. The summed E-state index contributed by atoms with van der Waals surface area (Å²) in [7, 11) is 0. The van der Waals surface area contributed by atoms with Gasteiger partial charge in [-0.15, -0.1) is 5.10 Å². The van der Waals surface area contributed by atoms with Gasteiger partial charge in [0.25, 0.3) is 5.91 Å². The number of hydrogen-bond acceptors (Lipinski definition) is 7. The van der Waals surface area contributed by atoms with E-state index in [9.17, 15) is 14.4 Å². The summed E-state index contributed by atoms with van der Waals surface area (Å²) in [4.78, 5) is 42.0. The molecule has 36 heavy (non-hydrogen) atoms. The van der Waals surface area contributed by atoms with Gasteiger partial charge in [0, 0.05) is 24.5 Å². The number of rotatable bonds is 6. The van der Waals surface area contributed by atoms with E-state index in [1.54, 1.807) is 31.2 Å². The lowest BCUT2D eigenvalue weighted by molar-refractivity contribution is -0.133. The Morgan fingerprint density at radius 3 is 2.56 bits per heavy atom. The van der Waals surface area contributed by atoms with Crippen molar-refractivity contribution in [3.05, 3.63) is 60.4 Å². The Morgan fingerprint density at radius 2 is 1.86 bits per heavy atom. The Balaban J connectivity index is 1.24. The highest BCUT2D eigenvalue weighted by Gasteiger charge is 2.49. The molecule has 2 fully saturated rings. The van der Waals surface area contributed by atoms with Crippen molar-refractivity contribution in [2.24, 2.45) is 5.92 Å². The van der Waals surface area contributed by atoms with E-state index in [1.807, 2.05) is 24.3 Å². The maximum Gasteiger partial charge on any atom is 0.325 e. The third kappa shape index (κ3) is 4.51. The average molecular weight is 489 g/mol. The second-order valence-corrected chi connectivity index (χ2v) is 9.52. The summed E-state index contributed by atoms with van der Waals surface area (Å²) in [6.07, 6.45) is 3.78. The Morgan fingerprint density at radius 1 is 1.11 bits per heavy atom. The number of urea groups is 1. The first-order valence-electron chi connectivity index (χ1n) is 12.0. The molecule has 4 amide bonds. The molecule has 11 nitrogen and oxygen atoms in total. The van der Waals surface area contributed by atoms with Gasteiger partial charge in [0.1, 0.15) is 18.4 Å². The van der Waals surface area contributed by atoms with Crippen molar-refractivity contribution in [3.8, 4) is 5.69 Å². The van der Waals surface area contributed by atoms with Gasteiger partial charge in [0.2, 0.25) is 5.91 Å².